The molecule has 0 atom stereocenters. The molecule has 4 nitrogen and oxygen atoms in total. The Labute approximate surface area is 141 Å². The number of benzene rings is 2. The number of hydrogen-bond donors (Lipinski definition) is 1. The van der Waals surface area contributed by atoms with Crippen molar-refractivity contribution >= 4 is 5.91 Å². The van der Waals surface area contributed by atoms with Crippen LogP contribution in [-0.2, 0) is 6.54 Å². The van der Waals surface area contributed by atoms with Crippen LogP contribution in [0, 0.1) is 11.8 Å². The molecule has 3 aromatic rings. The molecule has 0 fully saturated rings. The molecule has 0 aliphatic rings. The normalized spacial score (nSPS) is 9.83. The van der Waals surface area contributed by atoms with E-state index in [2.05, 4.69) is 22.3 Å². The standard InChI is InChI=1S/C20H17N3O/c24-20(21-13-4-8-17-6-2-1-3-7-17)19-11-9-18(10-12-19)16-23-15-5-14-22-23/h1-3,5-7,9-12,14-15H,13,16H2,(H,21,24). The van der Waals surface area contributed by atoms with Crippen molar-refractivity contribution in [1.29, 1.82) is 0 Å². The van der Waals surface area contributed by atoms with Gasteiger partial charge in [0, 0.05) is 23.5 Å². The van der Waals surface area contributed by atoms with E-state index in [1.165, 1.54) is 0 Å². The number of aromatic nitrogens is 2. The average Bonchev–Trinajstić information content (AvgIpc) is 3.13. The molecule has 0 saturated heterocycles. The van der Waals surface area contributed by atoms with E-state index in [1.54, 1.807) is 6.20 Å². The van der Waals surface area contributed by atoms with Crippen molar-refractivity contribution in [1.82, 2.24) is 15.1 Å². The summed E-state index contributed by atoms with van der Waals surface area (Å²) in [4.78, 5) is 12.1. The van der Waals surface area contributed by atoms with E-state index in [4.69, 9.17) is 0 Å². The second-order valence-corrected chi connectivity index (χ2v) is 5.25. The van der Waals surface area contributed by atoms with Gasteiger partial charge < -0.3 is 5.32 Å². The van der Waals surface area contributed by atoms with Crippen LogP contribution in [-0.4, -0.2) is 22.2 Å². The molecule has 118 valence electrons. The van der Waals surface area contributed by atoms with Crippen LogP contribution in [0.25, 0.3) is 0 Å². The summed E-state index contributed by atoms with van der Waals surface area (Å²) in [7, 11) is 0. The van der Waals surface area contributed by atoms with Gasteiger partial charge in [0.1, 0.15) is 0 Å². The molecule has 1 N–H and O–H groups in total. The van der Waals surface area contributed by atoms with Gasteiger partial charge in [-0.05, 0) is 35.9 Å². The van der Waals surface area contributed by atoms with Gasteiger partial charge in [-0.1, -0.05) is 42.2 Å². The number of hydrogen-bond acceptors (Lipinski definition) is 2. The second kappa shape index (κ2) is 7.80. The summed E-state index contributed by atoms with van der Waals surface area (Å²) >= 11 is 0. The first-order valence-electron chi connectivity index (χ1n) is 7.70. The van der Waals surface area contributed by atoms with Crippen LogP contribution in [0.5, 0.6) is 0 Å². The number of nitrogens with zero attached hydrogens (tertiary/aromatic N) is 2. The number of nitrogens with one attached hydrogen (secondary N) is 1. The molecule has 2 aromatic carbocycles. The van der Waals surface area contributed by atoms with Crippen molar-refractivity contribution in [2.75, 3.05) is 6.54 Å². The molecule has 3 rings (SSSR count). The Hall–Kier alpha value is -3.32. The Bertz CT molecular complexity index is 841. The first-order valence-corrected chi connectivity index (χ1v) is 7.70. The zero-order valence-electron chi connectivity index (χ0n) is 13.1. The van der Waals surface area contributed by atoms with E-state index in [0.29, 0.717) is 18.7 Å². The van der Waals surface area contributed by atoms with E-state index < -0.39 is 0 Å². The van der Waals surface area contributed by atoms with Crippen molar-refractivity contribution in [3.8, 4) is 11.8 Å². The van der Waals surface area contributed by atoms with Crippen LogP contribution in [0.2, 0.25) is 0 Å². The fourth-order valence-electron chi connectivity index (χ4n) is 2.24. The van der Waals surface area contributed by atoms with Crippen LogP contribution >= 0.6 is 0 Å². The quantitative estimate of drug-likeness (QED) is 0.753. The minimum atomic E-state index is -0.122. The minimum Gasteiger partial charge on any atom is -0.341 e. The maximum absolute atomic E-state index is 12.1. The minimum absolute atomic E-state index is 0.122. The third-order valence-electron chi connectivity index (χ3n) is 3.46. The zero-order chi connectivity index (χ0) is 16.6. The molecule has 1 amide bonds. The SMILES string of the molecule is O=C(NCC#Cc1ccccc1)c1ccc(Cn2cccn2)cc1. The zero-order valence-corrected chi connectivity index (χ0v) is 13.1. The smallest absolute Gasteiger partial charge is 0.252 e. The van der Waals surface area contributed by atoms with Gasteiger partial charge in [0.15, 0.2) is 0 Å². The first-order chi connectivity index (χ1) is 11.8. The predicted molar refractivity (Wildman–Crippen MR) is 93.4 cm³/mol. The van der Waals surface area contributed by atoms with Crippen LogP contribution in [0.1, 0.15) is 21.5 Å². The number of amides is 1. The molecule has 1 heterocycles. The molecular weight excluding hydrogens is 298 g/mol. The Morgan fingerprint density at radius 2 is 1.83 bits per heavy atom. The predicted octanol–water partition coefficient (Wildman–Crippen LogP) is 2.71. The van der Waals surface area contributed by atoms with Crippen LogP contribution < -0.4 is 5.32 Å². The lowest BCUT2D eigenvalue weighted by molar-refractivity contribution is 0.0958. The number of carbonyl (C=O) groups is 1. The van der Waals surface area contributed by atoms with Crippen molar-refractivity contribution < 1.29 is 4.79 Å². The molecule has 0 aliphatic heterocycles. The van der Waals surface area contributed by atoms with Gasteiger partial charge >= 0.3 is 0 Å². The highest BCUT2D eigenvalue weighted by Gasteiger charge is 2.04. The third-order valence-corrected chi connectivity index (χ3v) is 3.46. The topological polar surface area (TPSA) is 46.9 Å². The Kier molecular flexibility index (Phi) is 5.06. The summed E-state index contributed by atoms with van der Waals surface area (Å²) in [6.45, 7) is 1.01. The number of rotatable bonds is 4. The largest absolute Gasteiger partial charge is 0.341 e. The van der Waals surface area contributed by atoms with Gasteiger partial charge in [0.25, 0.3) is 5.91 Å². The van der Waals surface area contributed by atoms with Gasteiger partial charge in [-0.15, -0.1) is 0 Å². The fraction of sp³-hybridized carbons (Fsp3) is 0.100. The molecule has 24 heavy (non-hydrogen) atoms. The summed E-state index contributed by atoms with van der Waals surface area (Å²) < 4.78 is 1.84. The summed E-state index contributed by atoms with van der Waals surface area (Å²) in [6, 6.07) is 19.1. The van der Waals surface area contributed by atoms with Gasteiger partial charge in [0.05, 0.1) is 13.1 Å². The van der Waals surface area contributed by atoms with Crippen molar-refractivity contribution in [3.05, 3.63) is 89.7 Å². The fourth-order valence-corrected chi connectivity index (χ4v) is 2.24. The summed E-state index contributed by atoms with van der Waals surface area (Å²) in [5.41, 5.74) is 2.66. The molecule has 1 aromatic heterocycles. The molecule has 0 aliphatic carbocycles. The Morgan fingerprint density at radius 1 is 1.04 bits per heavy atom. The maximum atomic E-state index is 12.1. The van der Waals surface area contributed by atoms with E-state index in [1.807, 2.05) is 71.5 Å². The van der Waals surface area contributed by atoms with Crippen LogP contribution in [0.4, 0.5) is 0 Å². The van der Waals surface area contributed by atoms with Gasteiger partial charge in [-0.2, -0.15) is 5.10 Å². The van der Waals surface area contributed by atoms with E-state index in [9.17, 15) is 4.79 Å². The van der Waals surface area contributed by atoms with Crippen LogP contribution in [0.3, 0.4) is 0 Å². The van der Waals surface area contributed by atoms with Crippen molar-refractivity contribution in [2.45, 2.75) is 6.54 Å². The summed E-state index contributed by atoms with van der Waals surface area (Å²) in [5, 5.41) is 6.97. The van der Waals surface area contributed by atoms with Crippen molar-refractivity contribution in [2.24, 2.45) is 0 Å². The Balaban J connectivity index is 1.53. The molecule has 0 unspecified atom stereocenters. The highest BCUT2D eigenvalue weighted by atomic mass is 16.1. The molecular formula is C20H17N3O. The molecule has 0 saturated carbocycles. The van der Waals surface area contributed by atoms with Crippen molar-refractivity contribution in [3.63, 3.8) is 0 Å². The summed E-state index contributed by atoms with van der Waals surface area (Å²) in [5.74, 6) is 5.84. The lowest BCUT2D eigenvalue weighted by Gasteiger charge is -2.04. The van der Waals surface area contributed by atoms with E-state index in [-0.39, 0.29) is 5.91 Å². The monoisotopic (exact) mass is 315 g/mol. The van der Waals surface area contributed by atoms with Crippen LogP contribution in [0.15, 0.2) is 73.1 Å². The maximum Gasteiger partial charge on any atom is 0.252 e. The number of carbonyl (C=O) groups excluding carboxylic acids is 1. The van der Waals surface area contributed by atoms with Gasteiger partial charge in [-0.25, -0.2) is 0 Å². The average molecular weight is 315 g/mol. The highest BCUT2D eigenvalue weighted by Crippen LogP contribution is 2.06. The molecule has 0 bridgehead atoms. The summed E-state index contributed by atoms with van der Waals surface area (Å²) in [6.07, 6.45) is 3.66. The lowest BCUT2D eigenvalue weighted by Crippen LogP contribution is -2.23. The molecule has 0 spiro atoms. The Morgan fingerprint density at radius 3 is 2.54 bits per heavy atom. The van der Waals surface area contributed by atoms with E-state index >= 15 is 0 Å². The first kappa shape index (κ1) is 15.6. The lowest BCUT2D eigenvalue weighted by atomic mass is 10.1. The van der Waals surface area contributed by atoms with E-state index in [0.717, 1.165) is 11.1 Å². The third kappa shape index (κ3) is 4.34. The second-order valence-electron chi connectivity index (χ2n) is 5.25. The van der Waals surface area contributed by atoms with Gasteiger partial charge in [0.2, 0.25) is 0 Å². The molecule has 0 radical (unpaired) electrons. The molecule has 4 heteroatoms. The van der Waals surface area contributed by atoms with Gasteiger partial charge in [-0.3, -0.25) is 9.48 Å². The highest BCUT2D eigenvalue weighted by molar-refractivity contribution is 5.94.